The van der Waals surface area contributed by atoms with Gasteiger partial charge in [-0.25, -0.2) is 0 Å². The molecule has 3 nitrogen and oxygen atoms in total. The molecule has 0 unspecified atom stereocenters. The van der Waals surface area contributed by atoms with E-state index in [0.29, 0.717) is 11.6 Å². The van der Waals surface area contributed by atoms with Crippen molar-refractivity contribution in [3.8, 4) is 0 Å². The van der Waals surface area contributed by atoms with Crippen LogP contribution in [0.15, 0.2) is 18.2 Å². The van der Waals surface area contributed by atoms with E-state index in [4.69, 9.17) is 16.7 Å². The predicted molar refractivity (Wildman–Crippen MR) is 67.0 cm³/mol. The SMILES string of the molecule is CCCN(CCO)c1ccc(Cl)cc1CO. The van der Waals surface area contributed by atoms with Gasteiger partial charge < -0.3 is 15.1 Å². The molecule has 0 aliphatic heterocycles. The second-order valence-electron chi connectivity index (χ2n) is 3.64. The van der Waals surface area contributed by atoms with Crippen LogP contribution in [0.3, 0.4) is 0 Å². The zero-order chi connectivity index (χ0) is 12.0. The maximum Gasteiger partial charge on any atom is 0.0702 e. The van der Waals surface area contributed by atoms with Crippen molar-refractivity contribution in [1.82, 2.24) is 0 Å². The molecule has 0 aliphatic carbocycles. The number of hydrogen-bond acceptors (Lipinski definition) is 3. The molecule has 0 amide bonds. The highest BCUT2D eigenvalue weighted by Crippen LogP contribution is 2.24. The van der Waals surface area contributed by atoms with E-state index in [2.05, 4.69) is 11.8 Å². The molecule has 0 atom stereocenters. The fraction of sp³-hybridized carbons (Fsp3) is 0.500. The third kappa shape index (κ3) is 3.37. The fourth-order valence-corrected chi connectivity index (χ4v) is 1.93. The minimum Gasteiger partial charge on any atom is -0.395 e. The van der Waals surface area contributed by atoms with Gasteiger partial charge in [-0.05, 0) is 24.6 Å². The van der Waals surface area contributed by atoms with Crippen LogP contribution >= 0.6 is 11.6 Å². The van der Waals surface area contributed by atoms with Crippen LogP contribution in [0, 0.1) is 0 Å². The quantitative estimate of drug-likeness (QED) is 0.804. The van der Waals surface area contributed by atoms with Crippen LogP contribution in [0.4, 0.5) is 5.69 Å². The molecule has 0 bridgehead atoms. The second-order valence-corrected chi connectivity index (χ2v) is 4.08. The minimum absolute atomic E-state index is 0.0401. The maximum atomic E-state index is 9.28. The van der Waals surface area contributed by atoms with E-state index >= 15 is 0 Å². The number of nitrogens with zero attached hydrogens (tertiary/aromatic N) is 1. The van der Waals surface area contributed by atoms with Gasteiger partial charge in [-0.1, -0.05) is 18.5 Å². The summed E-state index contributed by atoms with van der Waals surface area (Å²) in [6.45, 7) is 3.58. The summed E-state index contributed by atoms with van der Waals surface area (Å²) in [4.78, 5) is 2.06. The molecule has 16 heavy (non-hydrogen) atoms. The summed E-state index contributed by atoms with van der Waals surface area (Å²) in [6, 6.07) is 5.45. The number of aliphatic hydroxyl groups is 2. The molecular formula is C12H18ClNO2. The lowest BCUT2D eigenvalue weighted by Gasteiger charge is -2.25. The van der Waals surface area contributed by atoms with Gasteiger partial charge in [0.1, 0.15) is 0 Å². The fourth-order valence-electron chi connectivity index (χ4n) is 1.73. The van der Waals surface area contributed by atoms with Crippen LogP contribution in [0.25, 0.3) is 0 Å². The van der Waals surface area contributed by atoms with E-state index in [1.165, 1.54) is 0 Å². The summed E-state index contributed by atoms with van der Waals surface area (Å²) in [5.74, 6) is 0. The number of benzene rings is 1. The lowest BCUT2D eigenvalue weighted by atomic mass is 10.1. The summed E-state index contributed by atoms with van der Waals surface area (Å²) in [7, 11) is 0. The van der Waals surface area contributed by atoms with E-state index in [0.717, 1.165) is 24.2 Å². The molecule has 4 heteroatoms. The Bertz CT molecular complexity index is 325. The topological polar surface area (TPSA) is 43.7 Å². The summed E-state index contributed by atoms with van der Waals surface area (Å²) in [5.41, 5.74) is 1.75. The average Bonchev–Trinajstić information content (AvgIpc) is 2.28. The molecule has 0 heterocycles. The van der Waals surface area contributed by atoms with Crippen molar-refractivity contribution < 1.29 is 10.2 Å². The maximum absolute atomic E-state index is 9.28. The van der Waals surface area contributed by atoms with Crippen molar-refractivity contribution in [3.63, 3.8) is 0 Å². The lowest BCUT2D eigenvalue weighted by Crippen LogP contribution is -2.28. The van der Waals surface area contributed by atoms with Crippen LogP contribution in [0.2, 0.25) is 5.02 Å². The normalized spacial score (nSPS) is 10.5. The Morgan fingerprint density at radius 1 is 1.25 bits per heavy atom. The third-order valence-electron chi connectivity index (χ3n) is 2.42. The van der Waals surface area contributed by atoms with Crippen LogP contribution in [-0.2, 0) is 6.61 Å². The van der Waals surface area contributed by atoms with Crippen molar-refractivity contribution in [3.05, 3.63) is 28.8 Å². The van der Waals surface area contributed by atoms with Crippen molar-refractivity contribution in [1.29, 1.82) is 0 Å². The zero-order valence-electron chi connectivity index (χ0n) is 9.49. The Labute approximate surface area is 101 Å². The first kappa shape index (κ1) is 13.3. The van der Waals surface area contributed by atoms with Gasteiger partial charge in [0.15, 0.2) is 0 Å². The molecule has 1 aromatic rings. The van der Waals surface area contributed by atoms with Gasteiger partial charge in [0, 0.05) is 29.4 Å². The third-order valence-corrected chi connectivity index (χ3v) is 2.65. The Morgan fingerprint density at radius 2 is 2.00 bits per heavy atom. The Kier molecular flexibility index (Phi) is 5.60. The average molecular weight is 244 g/mol. The van der Waals surface area contributed by atoms with E-state index in [9.17, 15) is 5.11 Å². The van der Waals surface area contributed by atoms with Gasteiger partial charge in [-0.15, -0.1) is 0 Å². The number of aliphatic hydroxyl groups excluding tert-OH is 2. The molecule has 0 aliphatic rings. The minimum atomic E-state index is -0.0401. The molecule has 90 valence electrons. The first-order valence-electron chi connectivity index (χ1n) is 5.48. The van der Waals surface area contributed by atoms with Gasteiger partial charge in [0.05, 0.1) is 13.2 Å². The molecule has 0 saturated carbocycles. The predicted octanol–water partition coefficient (Wildman–Crippen LogP) is 2.04. The highest BCUT2D eigenvalue weighted by Gasteiger charge is 2.10. The van der Waals surface area contributed by atoms with Crippen molar-refractivity contribution >= 4 is 17.3 Å². The Balaban J connectivity index is 2.97. The molecule has 1 aromatic carbocycles. The van der Waals surface area contributed by atoms with E-state index in [1.54, 1.807) is 12.1 Å². The zero-order valence-corrected chi connectivity index (χ0v) is 10.2. The van der Waals surface area contributed by atoms with Gasteiger partial charge >= 0.3 is 0 Å². The number of halogens is 1. The van der Waals surface area contributed by atoms with Crippen molar-refractivity contribution in [2.24, 2.45) is 0 Å². The molecule has 2 N–H and O–H groups in total. The highest BCUT2D eigenvalue weighted by molar-refractivity contribution is 6.30. The molecule has 0 fully saturated rings. The molecule has 0 saturated heterocycles. The first-order valence-corrected chi connectivity index (χ1v) is 5.85. The molecule has 0 radical (unpaired) electrons. The van der Waals surface area contributed by atoms with Gasteiger partial charge in [0.2, 0.25) is 0 Å². The summed E-state index contributed by atoms with van der Waals surface area (Å²) < 4.78 is 0. The summed E-state index contributed by atoms with van der Waals surface area (Å²) in [5, 5.41) is 18.9. The molecule has 0 spiro atoms. The van der Waals surface area contributed by atoms with Gasteiger partial charge in [0.25, 0.3) is 0 Å². The van der Waals surface area contributed by atoms with Crippen molar-refractivity contribution in [2.45, 2.75) is 20.0 Å². The smallest absolute Gasteiger partial charge is 0.0702 e. The van der Waals surface area contributed by atoms with Gasteiger partial charge in [-0.3, -0.25) is 0 Å². The molecular weight excluding hydrogens is 226 g/mol. The second kappa shape index (κ2) is 6.74. The Hall–Kier alpha value is -0.770. The van der Waals surface area contributed by atoms with Crippen LogP contribution in [0.1, 0.15) is 18.9 Å². The number of rotatable bonds is 6. The molecule has 0 aromatic heterocycles. The summed E-state index contributed by atoms with van der Waals surface area (Å²) in [6.07, 6.45) is 0.994. The van der Waals surface area contributed by atoms with E-state index < -0.39 is 0 Å². The van der Waals surface area contributed by atoms with E-state index in [1.807, 2.05) is 6.07 Å². The van der Waals surface area contributed by atoms with Crippen LogP contribution in [0.5, 0.6) is 0 Å². The first-order chi connectivity index (χ1) is 7.72. The standard InChI is InChI=1S/C12H18ClNO2/c1-2-5-14(6-7-15)12-4-3-11(13)8-10(12)9-16/h3-4,8,15-16H,2,5-7,9H2,1H3. The molecule has 1 rings (SSSR count). The van der Waals surface area contributed by atoms with Crippen LogP contribution < -0.4 is 4.90 Å². The highest BCUT2D eigenvalue weighted by atomic mass is 35.5. The Morgan fingerprint density at radius 3 is 2.56 bits per heavy atom. The number of anilines is 1. The van der Waals surface area contributed by atoms with E-state index in [-0.39, 0.29) is 13.2 Å². The lowest BCUT2D eigenvalue weighted by molar-refractivity contribution is 0.280. The van der Waals surface area contributed by atoms with Crippen molar-refractivity contribution in [2.75, 3.05) is 24.6 Å². The monoisotopic (exact) mass is 243 g/mol. The van der Waals surface area contributed by atoms with Crippen LogP contribution in [-0.4, -0.2) is 29.9 Å². The largest absolute Gasteiger partial charge is 0.395 e. The number of hydrogen-bond donors (Lipinski definition) is 2. The summed E-state index contributed by atoms with van der Waals surface area (Å²) >= 11 is 5.88. The van der Waals surface area contributed by atoms with Gasteiger partial charge in [-0.2, -0.15) is 0 Å².